The third-order valence-electron chi connectivity index (χ3n) is 3.06. The number of carboxylic acids is 1. The molecule has 1 amide bonds. The van der Waals surface area contributed by atoms with Gasteiger partial charge in [-0.1, -0.05) is 12.1 Å². The van der Waals surface area contributed by atoms with Crippen molar-refractivity contribution in [2.75, 3.05) is 5.32 Å². The highest BCUT2D eigenvalue weighted by Gasteiger charge is 2.09. The highest BCUT2D eigenvalue weighted by molar-refractivity contribution is 5.89. The molecule has 1 aromatic carbocycles. The Morgan fingerprint density at radius 3 is 2.28 bits per heavy atom. The number of anilines is 1. The number of carbonyl (C=O) groups is 2. The summed E-state index contributed by atoms with van der Waals surface area (Å²) >= 11 is 0. The molecule has 0 unspecified atom stereocenters. The number of carbonyl (C=O) groups excluding carboxylic acids is 1. The van der Waals surface area contributed by atoms with Gasteiger partial charge in [-0.25, -0.2) is 9.78 Å². The van der Waals surface area contributed by atoms with E-state index in [4.69, 9.17) is 5.11 Å². The van der Waals surface area contributed by atoms with Gasteiger partial charge in [0.05, 0.1) is 6.33 Å². The largest absolute Gasteiger partial charge is 0.477 e. The van der Waals surface area contributed by atoms with E-state index in [1.807, 2.05) is 0 Å². The molecule has 8 heteroatoms. The van der Waals surface area contributed by atoms with Crippen LogP contribution in [0.25, 0.3) is 11.3 Å². The van der Waals surface area contributed by atoms with Gasteiger partial charge in [0.1, 0.15) is 5.56 Å². The number of nitrogens with zero attached hydrogens (tertiary/aromatic N) is 1. The lowest BCUT2D eigenvalue weighted by Gasteiger charge is -2.05. The molecule has 25 heavy (non-hydrogen) atoms. The van der Waals surface area contributed by atoms with Crippen LogP contribution in [0.2, 0.25) is 0 Å². The van der Waals surface area contributed by atoms with Crippen molar-refractivity contribution in [2.24, 2.45) is 0 Å². The number of carboxylic acid groups (broad SMARTS) is 1. The van der Waals surface area contributed by atoms with E-state index in [1.54, 1.807) is 43.0 Å². The molecular formula is C17H16N4O4. The van der Waals surface area contributed by atoms with Gasteiger partial charge in [-0.15, -0.1) is 0 Å². The molecule has 8 nitrogen and oxygen atoms in total. The minimum absolute atomic E-state index is 0.169. The lowest BCUT2D eigenvalue weighted by Crippen LogP contribution is -2.17. The molecule has 0 aliphatic rings. The standard InChI is InChI=1S/C14H12N2O4.C3H4N2/c1-8(17)15-10-4-2-9(3-5-10)12-7-6-11(14(19)20)13(18)16-12;1-2-5-3-4-1/h2-7H,1H3,(H,15,17)(H,16,18)(H,19,20);1-3H,(H,4,5). The number of rotatable bonds is 3. The van der Waals surface area contributed by atoms with Gasteiger partial charge in [-0.3, -0.25) is 9.59 Å². The first-order valence-electron chi connectivity index (χ1n) is 7.25. The Morgan fingerprint density at radius 1 is 1.12 bits per heavy atom. The first kappa shape index (κ1) is 17.7. The van der Waals surface area contributed by atoms with Crippen molar-refractivity contribution in [3.05, 3.63) is 71.0 Å². The Kier molecular flexibility index (Phi) is 5.83. The zero-order valence-corrected chi connectivity index (χ0v) is 13.3. The summed E-state index contributed by atoms with van der Waals surface area (Å²) in [7, 11) is 0. The van der Waals surface area contributed by atoms with Crippen molar-refractivity contribution < 1.29 is 14.7 Å². The SMILES string of the molecule is CC(=O)Nc1ccc(-c2ccc(C(=O)O)c(=O)[nH]2)cc1.c1c[nH]cn1. The van der Waals surface area contributed by atoms with Crippen LogP contribution in [-0.4, -0.2) is 31.9 Å². The van der Waals surface area contributed by atoms with Crippen LogP contribution in [0.4, 0.5) is 5.69 Å². The summed E-state index contributed by atoms with van der Waals surface area (Å²) in [5.74, 6) is -1.43. The second-order valence-corrected chi connectivity index (χ2v) is 4.94. The summed E-state index contributed by atoms with van der Waals surface area (Å²) in [5, 5.41) is 11.4. The fourth-order valence-corrected chi connectivity index (χ4v) is 1.96. The topological polar surface area (TPSA) is 128 Å². The molecule has 128 valence electrons. The van der Waals surface area contributed by atoms with Gasteiger partial charge >= 0.3 is 5.97 Å². The minimum atomic E-state index is -1.26. The maximum atomic E-state index is 11.6. The van der Waals surface area contributed by atoms with Crippen LogP contribution in [0.5, 0.6) is 0 Å². The third-order valence-corrected chi connectivity index (χ3v) is 3.06. The van der Waals surface area contributed by atoms with E-state index in [0.717, 1.165) is 0 Å². The first-order chi connectivity index (χ1) is 12.0. The summed E-state index contributed by atoms with van der Waals surface area (Å²) in [6.45, 7) is 1.41. The van der Waals surface area contributed by atoms with Crippen LogP contribution < -0.4 is 10.9 Å². The maximum Gasteiger partial charge on any atom is 0.341 e. The number of aromatic amines is 2. The number of aromatic carboxylic acids is 1. The molecule has 3 aromatic rings. The van der Waals surface area contributed by atoms with E-state index in [2.05, 4.69) is 20.3 Å². The van der Waals surface area contributed by atoms with E-state index in [-0.39, 0.29) is 11.5 Å². The van der Waals surface area contributed by atoms with Crippen LogP contribution in [0, 0.1) is 0 Å². The van der Waals surface area contributed by atoms with Crippen molar-refractivity contribution in [2.45, 2.75) is 6.92 Å². The molecule has 0 saturated carbocycles. The number of benzene rings is 1. The first-order valence-corrected chi connectivity index (χ1v) is 7.25. The highest BCUT2D eigenvalue weighted by atomic mass is 16.4. The Bertz CT molecular complexity index is 882. The minimum Gasteiger partial charge on any atom is -0.477 e. The molecule has 3 rings (SSSR count). The van der Waals surface area contributed by atoms with Crippen LogP contribution >= 0.6 is 0 Å². The number of nitrogens with one attached hydrogen (secondary N) is 3. The van der Waals surface area contributed by atoms with E-state index >= 15 is 0 Å². The Labute approximate surface area is 142 Å². The normalized spacial score (nSPS) is 9.64. The molecule has 0 aliphatic heterocycles. The quantitative estimate of drug-likeness (QED) is 0.580. The smallest absolute Gasteiger partial charge is 0.341 e. The second-order valence-electron chi connectivity index (χ2n) is 4.94. The number of pyridine rings is 1. The zero-order chi connectivity index (χ0) is 18.2. The average molecular weight is 340 g/mol. The van der Waals surface area contributed by atoms with Gasteiger partial charge < -0.3 is 20.4 Å². The molecule has 2 heterocycles. The molecule has 0 spiro atoms. The molecule has 0 aliphatic carbocycles. The predicted octanol–water partition coefficient (Wildman–Crippen LogP) is 2.11. The molecule has 0 atom stereocenters. The van der Waals surface area contributed by atoms with Gasteiger partial charge in [0.15, 0.2) is 0 Å². The van der Waals surface area contributed by atoms with Crippen molar-refractivity contribution >= 4 is 17.6 Å². The van der Waals surface area contributed by atoms with E-state index in [1.165, 1.54) is 19.1 Å². The maximum absolute atomic E-state index is 11.6. The summed E-state index contributed by atoms with van der Waals surface area (Å²) in [4.78, 5) is 42.2. The van der Waals surface area contributed by atoms with Crippen molar-refractivity contribution in [3.8, 4) is 11.3 Å². The number of aromatic nitrogens is 3. The molecule has 0 saturated heterocycles. The van der Waals surface area contributed by atoms with E-state index in [0.29, 0.717) is 16.9 Å². The second kappa shape index (κ2) is 8.25. The van der Waals surface area contributed by atoms with Crippen LogP contribution in [0.1, 0.15) is 17.3 Å². The number of amides is 1. The van der Waals surface area contributed by atoms with Gasteiger partial charge in [0.25, 0.3) is 5.56 Å². The van der Waals surface area contributed by atoms with Crippen LogP contribution in [0.15, 0.2) is 59.9 Å². The molecular weight excluding hydrogens is 324 g/mol. The lowest BCUT2D eigenvalue weighted by atomic mass is 10.1. The number of imidazole rings is 1. The zero-order valence-electron chi connectivity index (χ0n) is 13.3. The van der Waals surface area contributed by atoms with Gasteiger partial charge in [-0.2, -0.15) is 0 Å². The van der Waals surface area contributed by atoms with Gasteiger partial charge in [0, 0.05) is 30.7 Å². The van der Waals surface area contributed by atoms with Crippen molar-refractivity contribution in [3.63, 3.8) is 0 Å². The number of H-pyrrole nitrogens is 2. The van der Waals surface area contributed by atoms with Gasteiger partial charge in [0.2, 0.25) is 5.91 Å². The molecule has 4 N–H and O–H groups in total. The van der Waals surface area contributed by atoms with E-state index in [9.17, 15) is 14.4 Å². The molecule has 2 aromatic heterocycles. The van der Waals surface area contributed by atoms with Crippen molar-refractivity contribution in [1.29, 1.82) is 0 Å². The van der Waals surface area contributed by atoms with Crippen LogP contribution in [0.3, 0.4) is 0 Å². The van der Waals surface area contributed by atoms with Gasteiger partial charge in [-0.05, 0) is 29.8 Å². The fraction of sp³-hybridized carbons (Fsp3) is 0.0588. The molecule has 0 fully saturated rings. The summed E-state index contributed by atoms with van der Waals surface area (Å²) < 4.78 is 0. The molecule has 0 bridgehead atoms. The molecule has 0 radical (unpaired) electrons. The lowest BCUT2D eigenvalue weighted by molar-refractivity contribution is -0.114. The monoisotopic (exact) mass is 340 g/mol. The van der Waals surface area contributed by atoms with Crippen molar-refractivity contribution in [1.82, 2.24) is 15.0 Å². The highest BCUT2D eigenvalue weighted by Crippen LogP contribution is 2.18. The number of hydrogen-bond donors (Lipinski definition) is 4. The van der Waals surface area contributed by atoms with Crippen LogP contribution in [-0.2, 0) is 4.79 Å². The summed E-state index contributed by atoms with van der Waals surface area (Å²) in [6.07, 6.45) is 5.08. The Balaban J connectivity index is 0.000000386. The van der Waals surface area contributed by atoms with E-state index < -0.39 is 11.5 Å². The Hall–Kier alpha value is -3.68. The predicted molar refractivity (Wildman–Crippen MR) is 92.3 cm³/mol. The number of hydrogen-bond acceptors (Lipinski definition) is 4. The average Bonchev–Trinajstić information content (AvgIpc) is 3.14. The third kappa shape index (κ3) is 5.17. The fourth-order valence-electron chi connectivity index (χ4n) is 1.96. The Morgan fingerprint density at radius 2 is 1.84 bits per heavy atom. The summed E-state index contributed by atoms with van der Waals surface area (Å²) in [6, 6.07) is 9.62. The summed E-state index contributed by atoms with van der Waals surface area (Å²) in [5.41, 5.74) is 0.915.